The third-order valence-corrected chi connectivity index (χ3v) is 5.61. The second-order valence-electron chi connectivity index (χ2n) is 7.55. The largest absolute Gasteiger partial charge is 0.478 e. The number of ether oxygens (including phenoxy) is 1. The fraction of sp³-hybridized carbons (Fsp3) is 0.0741. The quantitative estimate of drug-likeness (QED) is 0.361. The Morgan fingerprint density at radius 2 is 1.45 bits per heavy atom. The van der Waals surface area contributed by atoms with Gasteiger partial charge < -0.3 is 4.74 Å². The van der Waals surface area contributed by atoms with E-state index in [4.69, 9.17) is 4.74 Å². The standard InChI is InChI=1S/C27H18FNO4/c1-2-33-27-22(24(30)16-8-4-3-5-9-16)21-23(29(27)18-14-12-17(28)13-15-18)26(32)20-11-7-6-10-19(20)25(21)31/h3-15H,2H2,1H3. The molecule has 3 aromatic carbocycles. The molecule has 0 bridgehead atoms. The molecule has 1 aliphatic rings. The summed E-state index contributed by atoms with van der Waals surface area (Å²) >= 11 is 0. The van der Waals surface area contributed by atoms with Crippen LogP contribution in [0, 0.1) is 5.82 Å². The minimum Gasteiger partial charge on any atom is -0.478 e. The summed E-state index contributed by atoms with van der Waals surface area (Å²) in [4.78, 5) is 40.9. The number of carbonyl (C=O) groups excluding carboxylic acids is 3. The lowest BCUT2D eigenvalue weighted by molar-refractivity contribution is 0.0970. The molecule has 0 saturated heterocycles. The maximum atomic E-state index is 13.7. The zero-order valence-electron chi connectivity index (χ0n) is 17.7. The van der Waals surface area contributed by atoms with Crippen LogP contribution in [0.25, 0.3) is 5.69 Å². The van der Waals surface area contributed by atoms with Crippen molar-refractivity contribution in [3.8, 4) is 11.6 Å². The molecule has 0 aliphatic heterocycles. The van der Waals surface area contributed by atoms with Gasteiger partial charge in [0, 0.05) is 22.4 Å². The molecule has 0 radical (unpaired) electrons. The fourth-order valence-electron chi connectivity index (χ4n) is 4.18. The number of fused-ring (bicyclic) bond motifs is 2. The van der Waals surface area contributed by atoms with Gasteiger partial charge in [0.15, 0.2) is 11.6 Å². The molecular weight excluding hydrogens is 421 g/mol. The van der Waals surface area contributed by atoms with Gasteiger partial charge in [-0.3, -0.25) is 19.0 Å². The first kappa shape index (κ1) is 20.6. The van der Waals surface area contributed by atoms with Crippen molar-refractivity contribution in [1.29, 1.82) is 0 Å². The van der Waals surface area contributed by atoms with Crippen LogP contribution < -0.4 is 4.74 Å². The number of rotatable bonds is 5. The van der Waals surface area contributed by atoms with Crippen LogP contribution in [0.1, 0.15) is 54.8 Å². The molecule has 4 aromatic rings. The van der Waals surface area contributed by atoms with Crippen LogP contribution in [0.3, 0.4) is 0 Å². The molecule has 162 valence electrons. The lowest BCUT2D eigenvalue weighted by Crippen LogP contribution is -2.23. The van der Waals surface area contributed by atoms with Crippen molar-refractivity contribution in [2.75, 3.05) is 6.61 Å². The highest BCUT2D eigenvalue weighted by Gasteiger charge is 2.41. The Hall–Kier alpha value is -4.32. The Kier molecular flexibility index (Phi) is 4.98. The highest BCUT2D eigenvalue weighted by Crippen LogP contribution is 2.40. The maximum Gasteiger partial charge on any atom is 0.211 e. The van der Waals surface area contributed by atoms with Crippen molar-refractivity contribution in [2.45, 2.75) is 6.92 Å². The number of carbonyl (C=O) groups is 3. The first-order valence-corrected chi connectivity index (χ1v) is 10.5. The Labute approximate surface area is 189 Å². The summed E-state index contributed by atoms with van der Waals surface area (Å²) in [6.45, 7) is 1.94. The van der Waals surface area contributed by atoms with Crippen molar-refractivity contribution in [2.24, 2.45) is 0 Å². The number of halogens is 1. The van der Waals surface area contributed by atoms with Gasteiger partial charge in [-0.1, -0.05) is 54.6 Å². The summed E-state index contributed by atoms with van der Waals surface area (Å²) in [5.74, 6) is -1.64. The van der Waals surface area contributed by atoms with E-state index in [0.717, 1.165) is 0 Å². The van der Waals surface area contributed by atoms with E-state index in [1.54, 1.807) is 61.5 Å². The molecule has 33 heavy (non-hydrogen) atoms. The van der Waals surface area contributed by atoms with Crippen LogP contribution in [0.2, 0.25) is 0 Å². The van der Waals surface area contributed by atoms with Gasteiger partial charge in [-0.15, -0.1) is 0 Å². The van der Waals surface area contributed by atoms with Gasteiger partial charge in [0.1, 0.15) is 11.5 Å². The van der Waals surface area contributed by atoms with Gasteiger partial charge in [-0.2, -0.15) is 0 Å². The third kappa shape index (κ3) is 3.19. The van der Waals surface area contributed by atoms with Crippen LogP contribution in [0.15, 0.2) is 78.9 Å². The highest BCUT2D eigenvalue weighted by atomic mass is 19.1. The van der Waals surface area contributed by atoms with Crippen LogP contribution >= 0.6 is 0 Å². The van der Waals surface area contributed by atoms with Crippen molar-refractivity contribution < 1.29 is 23.5 Å². The average molecular weight is 439 g/mol. The molecule has 0 spiro atoms. The number of nitrogens with zero attached hydrogens (tertiary/aromatic N) is 1. The van der Waals surface area contributed by atoms with E-state index in [9.17, 15) is 18.8 Å². The summed E-state index contributed by atoms with van der Waals surface area (Å²) in [5, 5.41) is 0. The van der Waals surface area contributed by atoms with Gasteiger partial charge in [0.2, 0.25) is 11.7 Å². The molecule has 0 saturated carbocycles. The van der Waals surface area contributed by atoms with Gasteiger partial charge in [-0.05, 0) is 31.2 Å². The normalized spacial score (nSPS) is 12.3. The Morgan fingerprint density at radius 1 is 0.848 bits per heavy atom. The molecule has 0 N–H and O–H groups in total. The number of ketones is 3. The van der Waals surface area contributed by atoms with E-state index in [-0.39, 0.29) is 40.4 Å². The Morgan fingerprint density at radius 3 is 2.09 bits per heavy atom. The van der Waals surface area contributed by atoms with Crippen LogP contribution in [-0.2, 0) is 0 Å². The van der Waals surface area contributed by atoms with E-state index < -0.39 is 23.2 Å². The topological polar surface area (TPSA) is 65.4 Å². The molecule has 0 fully saturated rings. The fourth-order valence-corrected chi connectivity index (χ4v) is 4.18. The summed E-state index contributed by atoms with van der Waals surface area (Å²) in [6, 6.07) is 20.5. The molecular formula is C27H18FNO4. The van der Waals surface area contributed by atoms with Crippen LogP contribution in [0.4, 0.5) is 4.39 Å². The highest BCUT2D eigenvalue weighted by molar-refractivity contribution is 6.32. The Bertz CT molecular complexity index is 1420. The monoisotopic (exact) mass is 439 g/mol. The van der Waals surface area contributed by atoms with Crippen LogP contribution in [-0.4, -0.2) is 28.5 Å². The van der Waals surface area contributed by atoms with Gasteiger partial charge >= 0.3 is 0 Å². The van der Waals surface area contributed by atoms with E-state index in [1.165, 1.54) is 28.8 Å². The number of hydrogen-bond donors (Lipinski definition) is 0. The number of aromatic nitrogens is 1. The van der Waals surface area contributed by atoms with Gasteiger partial charge in [-0.25, -0.2) is 4.39 Å². The van der Waals surface area contributed by atoms with E-state index in [1.807, 2.05) is 0 Å². The maximum absolute atomic E-state index is 13.7. The van der Waals surface area contributed by atoms with Crippen molar-refractivity contribution in [3.63, 3.8) is 0 Å². The second kappa shape index (κ2) is 7.98. The SMILES string of the molecule is CCOc1c(C(=O)c2ccccc2)c2c(n1-c1ccc(F)cc1)C(=O)c1ccccc1C2=O. The van der Waals surface area contributed by atoms with Crippen molar-refractivity contribution >= 4 is 17.3 Å². The van der Waals surface area contributed by atoms with Crippen LogP contribution in [0.5, 0.6) is 5.88 Å². The molecule has 5 nitrogen and oxygen atoms in total. The third-order valence-electron chi connectivity index (χ3n) is 5.61. The number of benzene rings is 3. The van der Waals surface area contributed by atoms with E-state index >= 15 is 0 Å². The predicted octanol–water partition coefficient (Wildman–Crippen LogP) is 5.02. The molecule has 0 atom stereocenters. The molecule has 0 amide bonds. The molecule has 1 aromatic heterocycles. The lowest BCUT2D eigenvalue weighted by atomic mass is 9.85. The first-order chi connectivity index (χ1) is 16.0. The van der Waals surface area contributed by atoms with E-state index in [2.05, 4.69) is 0 Å². The predicted molar refractivity (Wildman–Crippen MR) is 120 cm³/mol. The lowest BCUT2D eigenvalue weighted by Gasteiger charge is -2.17. The summed E-state index contributed by atoms with van der Waals surface area (Å²) in [5.41, 5.74) is 1.30. The molecule has 1 aliphatic carbocycles. The first-order valence-electron chi connectivity index (χ1n) is 10.5. The summed E-state index contributed by atoms with van der Waals surface area (Å²) < 4.78 is 21.0. The van der Waals surface area contributed by atoms with Gasteiger partial charge in [0.25, 0.3) is 0 Å². The molecule has 6 heteroatoms. The second-order valence-corrected chi connectivity index (χ2v) is 7.55. The minimum absolute atomic E-state index is 0.000304. The molecule has 1 heterocycles. The smallest absolute Gasteiger partial charge is 0.211 e. The van der Waals surface area contributed by atoms with Crippen molar-refractivity contribution in [1.82, 2.24) is 4.57 Å². The Balaban J connectivity index is 1.88. The molecule has 5 rings (SSSR count). The zero-order valence-corrected chi connectivity index (χ0v) is 17.7. The summed E-state index contributed by atoms with van der Waals surface area (Å²) in [6.07, 6.45) is 0. The average Bonchev–Trinajstić information content (AvgIpc) is 3.18. The summed E-state index contributed by atoms with van der Waals surface area (Å²) in [7, 11) is 0. The number of hydrogen-bond acceptors (Lipinski definition) is 4. The van der Waals surface area contributed by atoms with Gasteiger partial charge in [0.05, 0.1) is 17.7 Å². The zero-order chi connectivity index (χ0) is 23.1. The minimum atomic E-state index is -0.453. The molecule has 0 unspecified atom stereocenters. The van der Waals surface area contributed by atoms with E-state index in [0.29, 0.717) is 11.3 Å². The van der Waals surface area contributed by atoms with Crippen molar-refractivity contribution in [3.05, 3.63) is 118 Å².